The molecule has 1 aliphatic heterocycles. The first kappa shape index (κ1) is 27.3. The summed E-state index contributed by atoms with van der Waals surface area (Å²) in [4.78, 5) is 50.8. The molecule has 1 heterocycles. The molecule has 12 heteroatoms. The third-order valence-electron chi connectivity index (χ3n) is 4.98. The molecule has 0 unspecified atom stereocenters. The van der Waals surface area contributed by atoms with E-state index in [-0.39, 0.29) is 27.6 Å². The van der Waals surface area contributed by atoms with Gasteiger partial charge >= 0.3 is 18.0 Å². The van der Waals surface area contributed by atoms with E-state index >= 15 is 0 Å². The number of nitrogens with one attached hydrogen (secondary N) is 2. The summed E-state index contributed by atoms with van der Waals surface area (Å²) >= 11 is 7.40. The molecule has 1 saturated heterocycles. The van der Waals surface area contributed by atoms with Crippen molar-refractivity contribution in [1.29, 1.82) is 0 Å². The molecular weight excluding hydrogens is 513 g/mol. The number of carboxylic acids is 1. The highest BCUT2D eigenvalue weighted by Gasteiger charge is 2.45. The van der Waals surface area contributed by atoms with E-state index < -0.39 is 53.3 Å². The van der Waals surface area contributed by atoms with Crippen molar-refractivity contribution in [3.05, 3.63) is 64.4 Å². The van der Waals surface area contributed by atoms with Crippen molar-refractivity contribution in [2.24, 2.45) is 0 Å². The molecule has 3 amide bonds. The first-order chi connectivity index (χ1) is 16.9. The summed E-state index contributed by atoms with van der Waals surface area (Å²) in [5.41, 5.74) is -0.576. The lowest BCUT2D eigenvalue weighted by molar-refractivity contribution is -0.163. The van der Waals surface area contributed by atoms with E-state index in [0.717, 1.165) is 11.8 Å². The van der Waals surface area contributed by atoms with Gasteiger partial charge in [-0.3, -0.25) is 4.79 Å². The third-order valence-corrected chi connectivity index (χ3v) is 6.60. The molecule has 0 spiro atoms. The quantitative estimate of drug-likeness (QED) is 0.469. The van der Waals surface area contributed by atoms with Gasteiger partial charge in [0.1, 0.15) is 22.8 Å². The lowest BCUT2D eigenvalue weighted by Gasteiger charge is -2.31. The number of anilines is 1. The molecule has 192 valence electrons. The van der Waals surface area contributed by atoms with Gasteiger partial charge in [-0.1, -0.05) is 23.7 Å². The Morgan fingerprint density at radius 1 is 1.19 bits per heavy atom. The molecule has 1 aliphatic rings. The molecular formula is C24H25ClFN3O6S. The lowest BCUT2D eigenvalue weighted by atomic mass is 10.1. The molecule has 2 aromatic carbocycles. The van der Waals surface area contributed by atoms with E-state index in [1.165, 1.54) is 47.4 Å². The molecule has 0 aromatic heterocycles. The van der Waals surface area contributed by atoms with Crippen molar-refractivity contribution in [3.8, 4) is 0 Å². The Morgan fingerprint density at radius 2 is 1.89 bits per heavy atom. The number of hydrogen-bond acceptors (Lipinski definition) is 6. The number of carboxylic acid groups (broad SMARTS) is 1. The summed E-state index contributed by atoms with van der Waals surface area (Å²) in [6.07, 6.45) is 0. The number of rotatable bonds is 6. The van der Waals surface area contributed by atoms with Crippen LogP contribution in [-0.4, -0.2) is 57.8 Å². The predicted octanol–water partition coefficient (Wildman–Crippen LogP) is 4.28. The number of aromatic carboxylic acids is 1. The Labute approximate surface area is 216 Å². The summed E-state index contributed by atoms with van der Waals surface area (Å²) in [5, 5.41) is 13.1. The summed E-state index contributed by atoms with van der Waals surface area (Å²) in [5.74, 6) is -2.97. The minimum Gasteiger partial charge on any atom is -0.478 e. The number of hydrogen-bond donors (Lipinski definition) is 3. The summed E-state index contributed by atoms with van der Waals surface area (Å²) < 4.78 is 20.2. The maximum Gasteiger partial charge on any atom is 0.335 e. The van der Waals surface area contributed by atoms with Crippen LogP contribution in [-0.2, 0) is 14.3 Å². The minimum atomic E-state index is -1.16. The van der Waals surface area contributed by atoms with E-state index in [0.29, 0.717) is 0 Å². The highest BCUT2D eigenvalue weighted by molar-refractivity contribution is 7.99. The number of esters is 1. The molecule has 3 N–H and O–H groups in total. The number of halogens is 2. The van der Waals surface area contributed by atoms with Crippen LogP contribution < -0.4 is 10.6 Å². The first-order valence-corrected chi connectivity index (χ1v) is 12.3. The molecule has 9 nitrogen and oxygen atoms in total. The Morgan fingerprint density at radius 3 is 2.53 bits per heavy atom. The monoisotopic (exact) mass is 537 g/mol. The Hall–Kier alpha value is -3.31. The second-order valence-electron chi connectivity index (χ2n) is 8.86. The Bertz CT molecular complexity index is 1170. The largest absolute Gasteiger partial charge is 0.478 e. The number of thioether (sulfide) groups is 1. The van der Waals surface area contributed by atoms with Gasteiger partial charge in [-0.05, 0) is 51.1 Å². The van der Waals surface area contributed by atoms with Crippen LogP contribution in [0.3, 0.4) is 0 Å². The van der Waals surface area contributed by atoms with Crippen molar-refractivity contribution in [2.75, 3.05) is 17.6 Å². The van der Waals surface area contributed by atoms with Crippen LogP contribution in [0.4, 0.5) is 14.9 Å². The van der Waals surface area contributed by atoms with Gasteiger partial charge in [0.25, 0.3) is 0 Å². The van der Waals surface area contributed by atoms with Gasteiger partial charge in [0.15, 0.2) is 0 Å². The summed E-state index contributed by atoms with van der Waals surface area (Å²) in [6, 6.07) is 7.90. The third kappa shape index (κ3) is 6.67. The van der Waals surface area contributed by atoms with Crippen molar-refractivity contribution < 1.29 is 33.4 Å². The van der Waals surface area contributed by atoms with Crippen LogP contribution in [0.5, 0.6) is 0 Å². The molecule has 3 rings (SSSR count). The Kier molecular flexibility index (Phi) is 8.47. The summed E-state index contributed by atoms with van der Waals surface area (Å²) in [7, 11) is 0. The van der Waals surface area contributed by atoms with E-state index in [1.807, 2.05) is 0 Å². The van der Waals surface area contributed by atoms with Gasteiger partial charge in [0.2, 0.25) is 5.91 Å². The van der Waals surface area contributed by atoms with Gasteiger partial charge in [-0.15, -0.1) is 11.8 Å². The van der Waals surface area contributed by atoms with Crippen LogP contribution >= 0.6 is 23.4 Å². The number of carbonyl (C=O) groups is 4. The second kappa shape index (κ2) is 11.2. The smallest absolute Gasteiger partial charge is 0.335 e. The van der Waals surface area contributed by atoms with E-state index in [1.54, 1.807) is 20.8 Å². The zero-order valence-electron chi connectivity index (χ0n) is 19.7. The maximum absolute atomic E-state index is 14.7. The van der Waals surface area contributed by atoms with Crippen molar-refractivity contribution in [1.82, 2.24) is 10.2 Å². The predicted molar refractivity (Wildman–Crippen MR) is 134 cm³/mol. The second-order valence-corrected chi connectivity index (χ2v) is 10.4. The average Bonchev–Trinajstić information content (AvgIpc) is 3.21. The van der Waals surface area contributed by atoms with Crippen LogP contribution in [0.15, 0.2) is 42.5 Å². The standard InChI is InChI=1S/C24H25ClFN3O6S/c1-24(2,3)35-22(33)17-12-36-20(19-15(25)8-5-9-16(19)26)29(17)18(30)11-27-23(34)28-14-7-4-6-13(10-14)21(31)32/h4-10,17,20H,11-12H2,1-3H3,(H,31,32)(H2,27,28,34)/t17-,20+/m0/s1. The molecule has 36 heavy (non-hydrogen) atoms. The normalized spacial score (nSPS) is 17.4. The number of nitrogens with zero attached hydrogens (tertiary/aromatic N) is 1. The Balaban J connectivity index is 1.78. The van der Waals surface area contributed by atoms with Crippen molar-refractivity contribution >= 4 is 52.9 Å². The number of ether oxygens (including phenoxy) is 1. The number of benzene rings is 2. The van der Waals surface area contributed by atoms with Crippen LogP contribution in [0, 0.1) is 5.82 Å². The SMILES string of the molecule is CC(C)(C)OC(=O)[C@@H]1CS[C@H](c2c(F)cccc2Cl)N1C(=O)CNC(=O)Nc1cccc(C(=O)O)c1. The molecule has 2 atom stereocenters. The van der Waals surface area contributed by atoms with E-state index in [4.69, 9.17) is 21.4 Å². The molecule has 1 fully saturated rings. The number of amides is 3. The molecule has 0 saturated carbocycles. The van der Waals surface area contributed by atoms with E-state index in [2.05, 4.69) is 10.6 Å². The first-order valence-electron chi connectivity index (χ1n) is 10.8. The zero-order chi connectivity index (χ0) is 26.6. The van der Waals surface area contributed by atoms with Gasteiger partial charge in [-0.2, -0.15) is 0 Å². The lowest BCUT2D eigenvalue weighted by Crippen LogP contribution is -2.49. The van der Waals surface area contributed by atoms with Gasteiger partial charge < -0.3 is 25.4 Å². The maximum atomic E-state index is 14.7. The summed E-state index contributed by atoms with van der Waals surface area (Å²) in [6.45, 7) is 4.55. The van der Waals surface area contributed by atoms with Crippen LogP contribution in [0.1, 0.15) is 42.1 Å². The topological polar surface area (TPSA) is 125 Å². The number of urea groups is 1. The average molecular weight is 538 g/mol. The van der Waals surface area contributed by atoms with Crippen LogP contribution in [0.25, 0.3) is 0 Å². The highest BCUT2D eigenvalue weighted by atomic mass is 35.5. The molecule has 2 aromatic rings. The van der Waals surface area contributed by atoms with Gasteiger partial charge in [0.05, 0.1) is 12.1 Å². The van der Waals surface area contributed by atoms with Crippen molar-refractivity contribution in [2.45, 2.75) is 37.8 Å². The van der Waals surface area contributed by atoms with E-state index in [9.17, 15) is 23.6 Å². The minimum absolute atomic E-state index is 0.0252. The fourth-order valence-electron chi connectivity index (χ4n) is 3.48. The fraction of sp³-hybridized carbons (Fsp3) is 0.333. The molecule has 0 radical (unpaired) electrons. The van der Waals surface area contributed by atoms with Crippen LogP contribution in [0.2, 0.25) is 5.02 Å². The fourth-order valence-corrected chi connectivity index (χ4v) is 5.31. The van der Waals surface area contributed by atoms with Gasteiger partial charge in [0, 0.05) is 22.0 Å². The molecule has 0 aliphatic carbocycles. The molecule has 0 bridgehead atoms. The number of carbonyl (C=O) groups excluding carboxylic acids is 3. The van der Waals surface area contributed by atoms with Crippen molar-refractivity contribution in [3.63, 3.8) is 0 Å². The highest BCUT2D eigenvalue weighted by Crippen LogP contribution is 2.45. The zero-order valence-corrected chi connectivity index (χ0v) is 21.3. The van der Waals surface area contributed by atoms with Gasteiger partial charge in [-0.25, -0.2) is 18.8 Å².